The Morgan fingerprint density at radius 3 is 2.10 bits per heavy atom. The number of hydrogen-bond donors (Lipinski definition) is 2. The van der Waals surface area contributed by atoms with E-state index < -0.39 is 20.8 Å². The highest BCUT2D eigenvalue weighted by Gasteiger charge is 2.20. The van der Waals surface area contributed by atoms with Gasteiger partial charge in [-0.15, -0.1) is 0 Å². The lowest BCUT2D eigenvalue weighted by Crippen LogP contribution is -2.09. The van der Waals surface area contributed by atoms with Crippen LogP contribution in [0.1, 0.15) is 15.9 Å². The van der Waals surface area contributed by atoms with Crippen LogP contribution >= 0.6 is 11.6 Å². The molecule has 2 aromatic carbocycles. The quantitative estimate of drug-likeness (QED) is 0.669. The standard InChI is InChI=1S/C13H9ClO4S.H3N/c14-10-7-5-9(6-8-10)13(15)11-3-1-2-4-12(11)19(16,17)18;/h1-8H,(H,16,17,18);1H3. The molecule has 0 radical (unpaired) electrons. The molecule has 0 amide bonds. The summed E-state index contributed by atoms with van der Waals surface area (Å²) in [6, 6.07) is 11.5. The summed E-state index contributed by atoms with van der Waals surface area (Å²) >= 11 is 5.72. The molecule has 2 rings (SSSR count). The van der Waals surface area contributed by atoms with Crippen molar-refractivity contribution in [3.63, 3.8) is 0 Å². The van der Waals surface area contributed by atoms with Crippen LogP contribution in [0.5, 0.6) is 0 Å². The maximum Gasteiger partial charge on any atom is 0.295 e. The molecule has 0 aliphatic carbocycles. The number of hydrogen-bond acceptors (Lipinski definition) is 4. The third kappa shape index (κ3) is 3.43. The molecule has 4 N–H and O–H groups in total. The Kier molecular flexibility index (Phi) is 5.02. The molecule has 7 heteroatoms. The molecule has 20 heavy (non-hydrogen) atoms. The molecule has 0 saturated carbocycles. The number of rotatable bonds is 3. The van der Waals surface area contributed by atoms with E-state index in [0.717, 1.165) is 0 Å². The second kappa shape index (κ2) is 6.15. The zero-order valence-electron chi connectivity index (χ0n) is 10.3. The van der Waals surface area contributed by atoms with Gasteiger partial charge in [0.25, 0.3) is 10.1 Å². The highest BCUT2D eigenvalue weighted by molar-refractivity contribution is 7.86. The highest BCUT2D eigenvalue weighted by atomic mass is 35.5. The lowest BCUT2D eigenvalue weighted by molar-refractivity contribution is 0.103. The van der Waals surface area contributed by atoms with Crippen molar-refractivity contribution in [2.75, 3.05) is 0 Å². The van der Waals surface area contributed by atoms with Gasteiger partial charge in [-0.3, -0.25) is 9.35 Å². The van der Waals surface area contributed by atoms with Crippen molar-refractivity contribution in [2.45, 2.75) is 4.90 Å². The number of carbonyl (C=O) groups is 1. The van der Waals surface area contributed by atoms with Gasteiger partial charge in [0.2, 0.25) is 0 Å². The van der Waals surface area contributed by atoms with Crippen molar-refractivity contribution >= 4 is 27.5 Å². The molecule has 0 aliphatic rings. The van der Waals surface area contributed by atoms with Crippen molar-refractivity contribution < 1.29 is 17.8 Å². The molecule has 0 fully saturated rings. The number of halogens is 1. The number of benzene rings is 2. The van der Waals surface area contributed by atoms with Gasteiger partial charge in [-0.05, 0) is 36.4 Å². The molecule has 0 saturated heterocycles. The van der Waals surface area contributed by atoms with Gasteiger partial charge < -0.3 is 6.15 Å². The van der Waals surface area contributed by atoms with Crippen molar-refractivity contribution in [1.29, 1.82) is 0 Å². The summed E-state index contributed by atoms with van der Waals surface area (Å²) in [5.41, 5.74) is 0.216. The Hall–Kier alpha value is -1.73. The van der Waals surface area contributed by atoms with Crippen LogP contribution in [0.2, 0.25) is 5.02 Å². The molecule has 0 bridgehead atoms. The fourth-order valence-corrected chi connectivity index (χ4v) is 2.45. The number of ketones is 1. The largest absolute Gasteiger partial charge is 0.344 e. The Bertz CT molecular complexity index is 726. The zero-order valence-corrected chi connectivity index (χ0v) is 11.9. The maximum absolute atomic E-state index is 12.2. The third-order valence-corrected chi connectivity index (χ3v) is 3.68. The van der Waals surface area contributed by atoms with Crippen LogP contribution in [0.25, 0.3) is 0 Å². The van der Waals surface area contributed by atoms with E-state index in [-0.39, 0.29) is 11.7 Å². The predicted octanol–water partition coefficient (Wildman–Crippen LogP) is 2.98. The normalized spacial score (nSPS) is 10.7. The summed E-state index contributed by atoms with van der Waals surface area (Å²) in [4.78, 5) is 11.8. The summed E-state index contributed by atoms with van der Waals surface area (Å²) in [6.07, 6.45) is 0. The maximum atomic E-state index is 12.2. The summed E-state index contributed by atoms with van der Waals surface area (Å²) in [5, 5.41) is 0.472. The van der Waals surface area contributed by atoms with Gasteiger partial charge in [0.15, 0.2) is 5.78 Å². The second-order valence-electron chi connectivity index (χ2n) is 3.81. The molecule has 5 nitrogen and oxygen atoms in total. The highest BCUT2D eigenvalue weighted by Crippen LogP contribution is 2.20. The second-order valence-corrected chi connectivity index (χ2v) is 5.63. The molecule has 0 atom stereocenters. The Morgan fingerprint density at radius 2 is 1.55 bits per heavy atom. The van der Waals surface area contributed by atoms with Gasteiger partial charge in [-0.1, -0.05) is 23.7 Å². The molecular formula is C13H12ClNO4S. The minimum Gasteiger partial charge on any atom is -0.344 e. The van der Waals surface area contributed by atoms with Gasteiger partial charge in [0, 0.05) is 16.1 Å². The first-order chi connectivity index (χ1) is 8.89. The summed E-state index contributed by atoms with van der Waals surface area (Å²) in [6.45, 7) is 0. The molecule has 0 spiro atoms. The lowest BCUT2D eigenvalue weighted by atomic mass is 10.0. The predicted molar refractivity (Wildman–Crippen MR) is 76.2 cm³/mol. The van der Waals surface area contributed by atoms with Crippen molar-refractivity contribution in [3.8, 4) is 0 Å². The van der Waals surface area contributed by atoms with E-state index in [1.165, 1.54) is 48.5 Å². The van der Waals surface area contributed by atoms with Crippen molar-refractivity contribution in [1.82, 2.24) is 6.15 Å². The molecule has 2 aromatic rings. The fraction of sp³-hybridized carbons (Fsp3) is 0. The number of carbonyl (C=O) groups excluding carboxylic acids is 1. The molecule has 0 aromatic heterocycles. The van der Waals surface area contributed by atoms with Gasteiger partial charge in [-0.25, -0.2) is 0 Å². The first-order valence-corrected chi connectivity index (χ1v) is 7.08. The molecule has 0 heterocycles. The molecule has 0 aliphatic heterocycles. The minimum atomic E-state index is -4.44. The van der Waals surface area contributed by atoms with Crippen LogP contribution in [0.4, 0.5) is 0 Å². The van der Waals surface area contributed by atoms with Gasteiger partial charge in [0.1, 0.15) is 4.90 Å². The van der Waals surface area contributed by atoms with Gasteiger partial charge in [-0.2, -0.15) is 8.42 Å². The van der Waals surface area contributed by atoms with E-state index in [4.69, 9.17) is 16.2 Å². The average Bonchev–Trinajstić information content (AvgIpc) is 2.38. The molecule has 0 unspecified atom stereocenters. The van der Waals surface area contributed by atoms with E-state index in [2.05, 4.69) is 0 Å². The third-order valence-electron chi connectivity index (χ3n) is 2.52. The van der Waals surface area contributed by atoms with Gasteiger partial charge in [0.05, 0.1) is 0 Å². The van der Waals surface area contributed by atoms with Crippen molar-refractivity contribution in [3.05, 3.63) is 64.7 Å². The van der Waals surface area contributed by atoms with Crippen LogP contribution in [0, 0.1) is 0 Å². The van der Waals surface area contributed by atoms with E-state index in [1.807, 2.05) is 0 Å². The summed E-state index contributed by atoms with van der Waals surface area (Å²) in [7, 11) is -4.44. The van der Waals surface area contributed by atoms with E-state index >= 15 is 0 Å². The fourth-order valence-electron chi connectivity index (χ4n) is 1.64. The average molecular weight is 314 g/mol. The monoisotopic (exact) mass is 313 g/mol. The van der Waals surface area contributed by atoms with E-state index in [9.17, 15) is 13.2 Å². The Balaban J connectivity index is 0.00000200. The lowest BCUT2D eigenvalue weighted by Gasteiger charge is -2.06. The Morgan fingerprint density at radius 1 is 1.00 bits per heavy atom. The first-order valence-electron chi connectivity index (χ1n) is 5.26. The van der Waals surface area contributed by atoms with E-state index in [1.54, 1.807) is 0 Å². The topological polar surface area (TPSA) is 106 Å². The molecule has 106 valence electrons. The Labute approximate surface area is 121 Å². The summed E-state index contributed by atoms with van der Waals surface area (Å²) < 4.78 is 31.6. The van der Waals surface area contributed by atoms with Gasteiger partial charge >= 0.3 is 0 Å². The SMILES string of the molecule is N.O=C(c1ccc(Cl)cc1)c1ccccc1S(=O)(=O)O. The molecular weight excluding hydrogens is 302 g/mol. The zero-order chi connectivity index (χ0) is 14.0. The van der Waals surface area contributed by atoms with Crippen LogP contribution < -0.4 is 6.15 Å². The van der Waals surface area contributed by atoms with Crippen LogP contribution in [-0.2, 0) is 10.1 Å². The first kappa shape index (κ1) is 16.3. The smallest absolute Gasteiger partial charge is 0.295 e. The summed E-state index contributed by atoms with van der Waals surface area (Å²) in [5.74, 6) is -0.495. The van der Waals surface area contributed by atoms with E-state index in [0.29, 0.717) is 10.6 Å². The van der Waals surface area contributed by atoms with Crippen molar-refractivity contribution in [2.24, 2.45) is 0 Å². The minimum absolute atomic E-state index is 0. The van der Waals surface area contributed by atoms with Crippen LogP contribution in [0.15, 0.2) is 53.4 Å². The van der Waals surface area contributed by atoms with Crippen LogP contribution in [0.3, 0.4) is 0 Å². The van der Waals surface area contributed by atoms with Crippen LogP contribution in [-0.4, -0.2) is 18.8 Å².